The number of nitro groups is 1. The maximum absolute atomic E-state index is 12.2. The first-order valence-electron chi connectivity index (χ1n) is 7.45. The molecule has 3 aromatic rings. The van der Waals surface area contributed by atoms with Gasteiger partial charge in [0.15, 0.2) is 5.82 Å². The molecule has 9 heteroatoms. The average molecular weight is 391 g/mol. The van der Waals surface area contributed by atoms with E-state index in [0.29, 0.717) is 22.4 Å². The molecule has 0 atom stereocenters. The lowest BCUT2D eigenvalue weighted by Crippen LogP contribution is -2.13. The summed E-state index contributed by atoms with van der Waals surface area (Å²) in [6.45, 7) is 0.405. The minimum Gasteiger partial charge on any atom is -0.305 e. The molecular weight excluding hydrogens is 379 g/mol. The number of anilines is 1. The number of non-ortho nitro benzene ring substituents is 1. The molecule has 26 heavy (non-hydrogen) atoms. The van der Waals surface area contributed by atoms with Crippen LogP contribution in [0, 0.1) is 10.1 Å². The number of nitrogens with zero attached hydrogens (tertiary/aromatic N) is 3. The summed E-state index contributed by atoms with van der Waals surface area (Å²) in [6, 6.07) is 12.3. The zero-order valence-electron chi connectivity index (χ0n) is 13.2. The van der Waals surface area contributed by atoms with Crippen LogP contribution in [0.4, 0.5) is 11.5 Å². The summed E-state index contributed by atoms with van der Waals surface area (Å²) in [5, 5.41) is 18.7. The molecule has 0 fully saturated rings. The van der Waals surface area contributed by atoms with E-state index in [0.717, 1.165) is 5.56 Å². The number of carbonyl (C=O) groups excluding carboxylic acids is 1. The first kappa shape index (κ1) is 17.9. The predicted octanol–water partition coefficient (Wildman–Crippen LogP) is 4.40. The molecule has 1 amide bonds. The van der Waals surface area contributed by atoms with Crippen LogP contribution in [0.5, 0.6) is 0 Å². The lowest BCUT2D eigenvalue weighted by molar-refractivity contribution is -0.384. The van der Waals surface area contributed by atoms with Gasteiger partial charge in [-0.2, -0.15) is 5.10 Å². The van der Waals surface area contributed by atoms with Crippen LogP contribution < -0.4 is 5.32 Å². The number of rotatable bonds is 5. The molecule has 1 heterocycles. The van der Waals surface area contributed by atoms with Crippen LogP contribution in [0.2, 0.25) is 10.0 Å². The molecule has 0 saturated heterocycles. The Hall–Kier alpha value is -2.90. The van der Waals surface area contributed by atoms with Crippen molar-refractivity contribution in [3.63, 3.8) is 0 Å². The standard InChI is InChI=1S/C17H12Cl2N4O3/c18-13-5-4-12(15(19)9-13)10-22-7-6-16(21-22)20-17(24)11-2-1-3-14(8-11)23(25)26/h1-9H,10H2,(H,20,21,24). The zero-order chi connectivity index (χ0) is 18.7. The number of aromatic nitrogens is 2. The van der Waals surface area contributed by atoms with Crippen molar-refractivity contribution in [3.8, 4) is 0 Å². The van der Waals surface area contributed by atoms with Crippen LogP contribution in [0.25, 0.3) is 0 Å². The SMILES string of the molecule is O=C(Nc1ccn(Cc2ccc(Cl)cc2Cl)n1)c1cccc([N+](=O)[O-])c1. The quantitative estimate of drug-likeness (QED) is 0.516. The molecule has 0 aliphatic carbocycles. The summed E-state index contributed by atoms with van der Waals surface area (Å²) in [5.41, 5.74) is 0.853. The van der Waals surface area contributed by atoms with Gasteiger partial charge in [-0.1, -0.05) is 35.3 Å². The lowest BCUT2D eigenvalue weighted by atomic mass is 10.2. The summed E-state index contributed by atoms with van der Waals surface area (Å²) >= 11 is 12.0. The Morgan fingerprint density at radius 1 is 1.19 bits per heavy atom. The number of nitrogens with one attached hydrogen (secondary N) is 1. The van der Waals surface area contributed by atoms with E-state index in [9.17, 15) is 14.9 Å². The second-order valence-corrected chi connectivity index (χ2v) is 6.24. The van der Waals surface area contributed by atoms with Crippen LogP contribution >= 0.6 is 23.2 Å². The van der Waals surface area contributed by atoms with Crippen LogP contribution in [0.3, 0.4) is 0 Å². The van der Waals surface area contributed by atoms with Gasteiger partial charge in [-0.25, -0.2) is 0 Å². The van der Waals surface area contributed by atoms with Gasteiger partial charge in [0.2, 0.25) is 0 Å². The van der Waals surface area contributed by atoms with Crippen molar-refractivity contribution >= 4 is 40.6 Å². The largest absolute Gasteiger partial charge is 0.305 e. The van der Waals surface area contributed by atoms with Gasteiger partial charge in [-0.05, 0) is 23.8 Å². The number of benzene rings is 2. The van der Waals surface area contributed by atoms with Gasteiger partial charge in [0, 0.05) is 40.0 Å². The van der Waals surface area contributed by atoms with E-state index in [2.05, 4.69) is 10.4 Å². The van der Waals surface area contributed by atoms with Crippen molar-refractivity contribution in [2.75, 3.05) is 5.32 Å². The monoisotopic (exact) mass is 390 g/mol. The fourth-order valence-electron chi connectivity index (χ4n) is 2.29. The molecule has 0 aliphatic rings. The minimum absolute atomic E-state index is 0.152. The highest BCUT2D eigenvalue weighted by Crippen LogP contribution is 2.22. The predicted molar refractivity (Wildman–Crippen MR) is 98.8 cm³/mol. The third-order valence-corrected chi connectivity index (χ3v) is 4.14. The molecule has 0 unspecified atom stereocenters. The Morgan fingerprint density at radius 2 is 2.00 bits per heavy atom. The van der Waals surface area contributed by atoms with Crippen molar-refractivity contribution in [2.45, 2.75) is 6.54 Å². The van der Waals surface area contributed by atoms with E-state index < -0.39 is 10.8 Å². The van der Waals surface area contributed by atoms with E-state index in [1.807, 2.05) is 0 Å². The summed E-state index contributed by atoms with van der Waals surface area (Å²) in [5.74, 6) is -0.157. The number of amides is 1. The van der Waals surface area contributed by atoms with E-state index in [4.69, 9.17) is 23.2 Å². The second kappa shape index (κ2) is 7.55. The number of carbonyl (C=O) groups is 1. The third-order valence-electron chi connectivity index (χ3n) is 3.55. The maximum Gasteiger partial charge on any atom is 0.270 e. The number of nitro benzene ring substituents is 1. The molecule has 3 rings (SSSR count). The van der Waals surface area contributed by atoms with Gasteiger partial charge < -0.3 is 5.32 Å². The zero-order valence-corrected chi connectivity index (χ0v) is 14.7. The van der Waals surface area contributed by atoms with Gasteiger partial charge in [0.25, 0.3) is 11.6 Å². The van der Waals surface area contributed by atoms with Gasteiger partial charge in [0.1, 0.15) is 0 Å². The topological polar surface area (TPSA) is 90.1 Å². The second-order valence-electron chi connectivity index (χ2n) is 5.40. The molecule has 132 valence electrons. The highest BCUT2D eigenvalue weighted by molar-refractivity contribution is 6.35. The molecule has 1 aromatic heterocycles. The Morgan fingerprint density at radius 3 is 2.73 bits per heavy atom. The molecule has 0 spiro atoms. The van der Waals surface area contributed by atoms with Crippen LogP contribution in [0.15, 0.2) is 54.7 Å². The first-order valence-corrected chi connectivity index (χ1v) is 8.21. The van der Waals surface area contributed by atoms with Crippen LogP contribution in [0.1, 0.15) is 15.9 Å². The summed E-state index contributed by atoms with van der Waals surface area (Å²) in [6.07, 6.45) is 1.69. The Bertz CT molecular complexity index is 988. The van der Waals surface area contributed by atoms with E-state index in [-0.39, 0.29) is 11.3 Å². The fourth-order valence-corrected chi connectivity index (χ4v) is 2.76. The van der Waals surface area contributed by atoms with Crippen molar-refractivity contribution in [3.05, 3.63) is 86.0 Å². The van der Waals surface area contributed by atoms with E-state index in [1.165, 1.54) is 24.3 Å². The van der Waals surface area contributed by atoms with Crippen molar-refractivity contribution < 1.29 is 9.72 Å². The van der Waals surface area contributed by atoms with Crippen LogP contribution in [-0.4, -0.2) is 20.6 Å². The van der Waals surface area contributed by atoms with Gasteiger partial charge in [-0.3, -0.25) is 19.6 Å². The Balaban J connectivity index is 1.71. The summed E-state index contributed by atoms with van der Waals surface area (Å²) in [4.78, 5) is 22.5. The average Bonchev–Trinajstić information content (AvgIpc) is 3.04. The molecule has 0 saturated carbocycles. The summed E-state index contributed by atoms with van der Waals surface area (Å²) < 4.78 is 1.61. The third kappa shape index (κ3) is 4.19. The summed E-state index contributed by atoms with van der Waals surface area (Å²) in [7, 11) is 0. The Kier molecular flexibility index (Phi) is 5.20. The minimum atomic E-state index is -0.554. The highest BCUT2D eigenvalue weighted by Gasteiger charge is 2.13. The smallest absolute Gasteiger partial charge is 0.270 e. The van der Waals surface area contributed by atoms with Gasteiger partial charge >= 0.3 is 0 Å². The van der Waals surface area contributed by atoms with Gasteiger partial charge in [0.05, 0.1) is 11.5 Å². The van der Waals surface area contributed by atoms with Crippen molar-refractivity contribution in [1.82, 2.24) is 9.78 Å². The number of hydrogen-bond acceptors (Lipinski definition) is 4. The van der Waals surface area contributed by atoms with E-state index in [1.54, 1.807) is 35.1 Å². The number of hydrogen-bond donors (Lipinski definition) is 1. The fraction of sp³-hybridized carbons (Fsp3) is 0.0588. The maximum atomic E-state index is 12.2. The van der Waals surface area contributed by atoms with Crippen molar-refractivity contribution in [2.24, 2.45) is 0 Å². The molecular formula is C17H12Cl2N4O3. The molecule has 0 aliphatic heterocycles. The normalized spacial score (nSPS) is 10.5. The molecule has 0 radical (unpaired) electrons. The molecule has 7 nitrogen and oxygen atoms in total. The number of halogens is 2. The Labute approximate surface area is 158 Å². The molecule has 2 aromatic carbocycles. The lowest BCUT2D eigenvalue weighted by Gasteiger charge is -2.05. The first-order chi connectivity index (χ1) is 12.4. The molecule has 1 N–H and O–H groups in total. The highest BCUT2D eigenvalue weighted by atomic mass is 35.5. The van der Waals surface area contributed by atoms with Gasteiger partial charge in [-0.15, -0.1) is 0 Å². The van der Waals surface area contributed by atoms with E-state index >= 15 is 0 Å². The molecule has 0 bridgehead atoms. The van der Waals surface area contributed by atoms with Crippen LogP contribution in [-0.2, 0) is 6.54 Å². The van der Waals surface area contributed by atoms with Crippen molar-refractivity contribution in [1.29, 1.82) is 0 Å².